The first-order valence-electron chi connectivity index (χ1n) is 34.6. The fourth-order valence-electron chi connectivity index (χ4n) is 21.1. The van der Waals surface area contributed by atoms with Crippen LogP contribution in [-0.4, -0.2) is 86.3 Å². The van der Waals surface area contributed by atoms with Gasteiger partial charge in [-0.25, -0.2) is 9.36 Å². The number of carboxylic acid groups (broad SMARTS) is 2. The summed E-state index contributed by atoms with van der Waals surface area (Å²) in [6, 6.07) is 10.8. The van der Waals surface area contributed by atoms with E-state index in [0.717, 1.165) is 215 Å². The second-order valence-electron chi connectivity index (χ2n) is 30.3. The molecule has 0 radical (unpaired) electrons. The fourth-order valence-corrected chi connectivity index (χ4v) is 22.1. The highest BCUT2D eigenvalue weighted by Gasteiger charge is 2.55. The Bertz CT molecular complexity index is 3640. The van der Waals surface area contributed by atoms with Crippen molar-refractivity contribution in [3.05, 3.63) is 107 Å². The Hall–Kier alpha value is -5.42. The van der Waals surface area contributed by atoms with Gasteiger partial charge in [-0.05, 0) is 264 Å². The number of benzene rings is 2. The number of hydrogen-bond donors (Lipinski definition) is 5. The molecule has 0 aliphatic heterocycles. The second-order valence-corrected chi connectivity index (χ2v) is 32.0. The normalized spacial score (nSPS) is 31.9. The summed E-state index contributed by atoms with van der Waals surface area (Å²) in [5, 5.41) is 46.0. The summed E-state index contributed by atoms with van der Waals surface area (Å²) in [6.07, 6.45) is 33.0. The highest BCUT2D eigenvalue weighted by atomic mass is 35.5. The summed E-state index contributed by atoms with van der Waals surface area (Å²) >= 11 is 25.2. The van der Waals surface area contributed by atoms with Crippen LogP contribution in [0.3, 0.4) is 0 Å². The van der Waals surface area contributed by atoms with Crippen LogP contribution in [0.1, 0.15) is 232 Å². The summed E-state index contributed by atoms with van der Waals surface area (Å²) < 4.78 is 5.68. The quantitative estimate of drug-likeness (QED) is 0.0843. The third-order valence-corrected chi connectivity index (χ3v) is 25.2. The van der Waals surface area contributed by atoms with Crippen molar-refractivity contribution in [2.75, 3.05) is 0 Å². The van der Waals surface area contributed by atoms with Crippen LogP contribution in [0.25, 0.3) is 11.4 Å². The molecule has 0 saturated heterocycles. The minimum atomic E-state index is -0.835. The second kappa shape index (κ2) is 24.7. The lowest BCUT2D eigenvalue weighted by Gasteiger charge is -2.56. The van der Waals surface area contributed by atoms with Crippen LogP contribution in [0.5, 0.6) is 0 Å². The molecule has 14 aliphatic carbocycles. The molecular formula is C71H85Cl4N9O7. The molecule has 3 amide bonds. The molecule has 10 bridgehead atoms. The smallest absolute Gasteiger partial charge is 0.308 e. The van der Waals surface area contributed by atoms with Crippen molar-refractivity contribution >= 4 is 76.1 Å². The van der Waals surface area contributed by atoms with E-state index in [9.17, 15) is 34.2 Å². The van der Waals surface area contributed by atoms with Gasteiger partial charge in [-0.2, -0.15) is 15.3 Å². The molecule has 2 aromatic carbocycles. The fraction of sp³-hybridized carbons (Fsp3) is 0.634. The van der Waals surface area contributed by atoms with Crippen LogP contribution >= 0.6 is 46.4 Å². The SMILES string of the molecule is O=C(NC12CC3CC(CC(C3)C1)C2)c1c2c(nn1-c1ccc(Cl)cc1Cl)CCCC2.O=C(NC12CC3CC(CC(C3)C1)C2)c1nn(-c2ccc(Cl)cc2Cl)c2c1CCCC2.O=C(NC1C2CCC(C2)C1C(=O)O)c1nn(C2CCCCC2)c2c1CC(C(=O)O)CC2. The first-order valence-corrected chi connectivity index (χ1v) is 36.1. The van der Waals surface area contributed by atoms with Gasteiger partial charge in [0, 0.05) is 55.2 Å². The van der Waals surface area contributed by atoms with Gasteiger partial charge in [0.25, 0.3) is 17.7 Å². The number of nitrogens with zero attached hydrogens (tertiary/aromatic N) is 6. The molecule has 0 spiro atoms. The third-order valence-electron chi connectivity index (χ3n) is 24.2. The first-order chi connectivity index (χ1) is 43.9. The Kier molecular flexibility index (Phi) is 16.8. The van der Waals surface area contributed by atoms with Crippen molar-refractivity contribution in [2.24, 2.45) is 59.2 Å². The number of fused-ring (bicyclic) bond motifs is 5. The van der Waals surface area contributed by atoms with Gasteiger partial charge in [-0.15, -0.1) is 0 Å². The molecule has 16 nitrogen and oxygen atoms in total. The predicted octanol–water partition coefficient (Wildman–Crippen LogP) is 14.3. The molecule has 5 atom stereocenters. The molecule has 3 aromatic heterocycles. The molecule has 3 heterocycles. The van der Waals surface area contributed by atoms with Crippen LogP contribution in [0.2, 0.25) is 20.1 Å². The van der Waals surface area contributed by atoms with E-state index in [1.54, 1.807) is 16.8 Å². The minimum Gasteiger partial charge on any atom is -0.481 e. The van der Waals surface area contributed by atoms with Crippen LogP contribution in [-0.2, 0) is 48.1 Å². The van der Waals surface area contributed by atoms with Gasteiger partial charge in [0.2, 0.25) is 0 Å². The van der Waals surface area contributed by atoms with Crippen LogP contribution in [0, 0.1) is 59.2 Å². The van der Waals surface area contributed by atoms with E-state index in [4.69, 9.17) is 61.7 Å². The number of carbonyl (C=O) groups is 5. The van der Waals surface area contributed by atoms with Crippen molar-refractivity contribution in [3.63, 3.8) is 0 Å². The van der Waals surface area contributed by atoms with Crippen LogP contribution in [0.4, 0.5) is 0 Å². The number of halogens is 4. The Morgan fingerprint density at radius 1 is 0.495 bits per heavy atom. The number of rotatable bonds is 11. The molecule has 5 aromatic rings. The summed E-state index contributed by atoms with van der Waals surface area (Å²) in [7, 11) is 0. The van der Waals surface area contributed by atoms with Crippen molar-refractivity contribution in [1.82, 2.24) is 45.3 Å². The first kappa shape index (κ1) is 61.7. The molecule has 11 saturated carbocycles. The zero-order valence-electron chi connectivity index (χ0n) is 51.9. The zero-order valence-corrected chi connectivity index (χ0v) is 55.0. The van der Waals surface area contributed by atoms with Gasteiger partial charge in [0.05, 0.1) is 45.0 Å². The zero-order chi connectivity index (χ0) is 62.6. The van der Waals surface area contributed by atoms with Crippen molar-refractivity contribution < 1.29 is 34.2 Å². The lowest BCUT2D eigenvalue weighted by molar-refractivity contribution is -0.144. The topological polar surface area (TPSA) is 215 Å². The number of carboxylic acids is 2. The summed E-state index contributed by atoms with van der Waals surface area (Å²) in [4.78, 5) is 64.2. The lowest BCUT2D eigenvalue weighted by atomic mass is 9.53. The maximum Gasteiger partial charge on any atom is 0.308 e. The average Bonchev–Trinajstić information content (AvgIpc) is 1.66. The number of aromatic nitrogens is 6. The monoisotopic (exact) mass is 1320 g/mol. The molecule has 11 fully saturated rings. The summed E-state index contributed by atoms with van der Waals surface area (Å²) in [5.74, 6) is 2.13. The van der Waals surface area contributed by atoms with Gasteiger partial charge in [0.1, 0.15) is 5.69 Å². The molecule has 5 unspecified atom stereocenters. The number of aliphatic carboxylic acids is 2. The summed E-state index contributed by atoms with van der Waals surface area (Å²) in [6.45, 7) is 0. The highest BCUT2D eigenvalue weighted by molar-refractivity contribution is 6.36. The molecule has 14 aliphatic rings. The Balaban J connectivity index is 0.000000114. The largest absolute Gasteiger partial charge is 0.481 e. The maximum atomic E-state index is 13.8. The van der Waals surface area contributed by atoms with E-state index in [1.807, 2.05) is 33.6 Å². The standard InChI is InChI=1S/2C24H27Cl2N3O.C23H31N3O5/c25-17-5-6-21(19(26)10-17)29-20-4-2-1-3-18(20)22(28-29)23(30)27-24-11-14-7-15(12-24)9-16(8-14)13-24;25-17-5-6-21(19(26)10-17)29-22(18-3-1-2-4-20(18)28-29)23(30)27-24-11-14-7-15(12-24)9-16(8-14)13-24;27-21(24-19-13-7-6-12(10-13)18(19)23(30)31)20-16-11-14(22(28)29)8-9-17(16)26(25-20)15-4-2-1-3-5-15/h2*5-6,10,14-16H,1-4,7-9,11-13H2,(H,27,30);12-15,18-19H,1-11H2,(H,24,27)(H,28,29)(H,30,31). The molecule has 19 rings (SSSR count). The van der Waals surface area contributed by atoms with Crippen molar-refractivity contribution in [2.45, 2.75) is 222 Å². The third kappa shape index (κ3) is 11.9. The Labute approximate surface area is 552 Å². The van der Waals surface area contributed by atoms with Crippen molar-refractivity contribution in [3.8, 4) is 11.4 Å². The number of aryl methyl sites for hydroxylation is 1. The van der Waals surface area contributed by atoms with Crippen LogP contribution < -0.4 is 16.0 Å². The maximum absolute atomic E-state index is 13.8. The van der Waals surface area contributed by atoms with E-state index < -0.39 is 23.8 Å². The van der Waals surface area contributed by atoms with Gasteiger partial charge < -0.3 is 26.2 Å². The van der Waals surface area contributed by atoms with E-state index >= 15 is 0 Å². The van der Waals surface area contributed by atoms with E-state index in [2.05, 4.69) is 16.0 Å². The average molecular weight is 1320 g/mol. The molecule has 20 heteroatoms. The molecule has 484 valence electrons. The number of hydrogen-bond acceptors (Lipinski definition) is 8. The molecule has 5 N–H and O–H groups in total. The van der Waals surface area contributed by atoms with E-state index in [1.165, 1.54) is 44.9 Å². The van der Waals surface area contributed by atoms with Gasteiger partial charge >= 0.3 is 11.9 Å². The van der Waals surface area contributed by atoms with Crippen molar-refractivity contribution in [1.29, 1.82) is 0 Å². The van der Waals surface area contributed by atoms with Gasteiger partial charge in [0.15, 0.2) is 11.4 Å². The predicted molar refractivity (Wildman–Crippen MR) is 348 cm³/mol. The van der Waals surface area contributed by atoms with Gasteiger partial charge in [-0.3, -0.25) is 28.7 Å². The molecular weight excluding hydrogens is 1230 g/mol. The highest BCUT2D eigenvalue weighted by Crippen LogP contribution is 2.57. The van der Waals surface area contributed by atoms with E-state index in [0.29, 0.717) is 56.4 Å². The van der Waals surface area contributed by atoms with Gasteiger partial charge in [-0.1, -0.05) is 65.7 Å². The molecule has 91 heavy (non-hydrogen) atoms. The van der Waals surface area contributed by atoms with Crippen LogP contribution in [0.15, 0.2) is 36.4 Å². The number of carbonyl (C=O) groups excluding carboxylic acids is 3. The lowest BCUT2D eigenvalue weighted by Crippen LogP contribution is -2.60. The number of amides is 3. The van der Waals surface area contributed by atoms with E-state index in [-0.39, 0.29) is 52.7 Å². The Morgan fingerprint density at radius 2 is 1.03 bits per heavy atom. The minimum absolute atomic E-state index is 0.00488. The number of nitrogens with one attached hydrogen (secondary N) is 3. The Morgan fingerprint density at radius 3 is 1.62 bits per heavy atom. The summed E-state index contributed by atoms with van der Waals surface area (Å²) in [5.41, 5.74) is 9.26.